The molecule has 6 atom stereocenters. The number of ether oxygens (including phenoxy) is 1. The fourth-order valence-electron chi connectivity index (χ4n) is 8.34. The summed E-state index contributed by atoms with van der Waals surface area (Å²) in [5.74, 6) is -4.73. The van der Waals surface area contributed by atoms with Gasteiger partial charge in [0, 0.05) is 30.9 Å². The first-order valence-electron chi connectivity index (χ1n) is 15.0. The van der Waals surface area contributed by atoms with E-state index in [1.54, 1.807) is 42.7 Å². The van der Waals surface area contributed by atoms with Crippen LogP contribution in [0.25, 0.3) is 0 Å². The number of benzene rings is 2. The predicted molar refractivity (Wildman–Crippen MR) is 156 cm³/mol. The van der Waals surface area contributed by atoms with Gasteiger partial charge in [-0.3, -0.25) is 28.9 Å². The molecule has 7 rings (SSSR count). The molecule has 10 nitrogen and oxygen atoms in total. The highest BCUT2D eigenvalue weighted by atomic mass is 16.5. The highest BCUT2D eigenvalue weighted by molar-refractivity contribution is 6.24. The van der Waals surface area contributed by atoms with Gasteiger partial charge in [0.05, 0.1) is 35.1 Å². The van der Waals surface area contributed by atoms with Gasteiger partial charge in [-0.15, -0.1) is 0 Å². The zero-order valence-electron chi connectivity index (χ0n) is 24.1. The van der Waals surface area contributed by atoms with Gasteiger partial charge in [-0.05, 0) is 68.0 Å². The second kappa shape index (κ2) is 10.2. The number of rotatable bonds is 6. The molecule has 5 aliphatic rings. The molecule has 3 fully saturated rings. The number of fused-ring (bicyclic) bond motifs is 5. The minimum Gasteiger partial charge on any atom is -0.508 e. The molecule has 4 amide bonds. The van der Waals surface area contributed by atoms with Crippen molar-refractivity contribution < 1.29 is 38.9 Å². The van der Waals surface area contributed by atoms with Gasteiger partial charge in [0.15, 0.2) is 0 Å². The van der Waals surface area contributed by atoms with Crippen LogP contribution < -0.4 is 9.64 Å². The molecule has 2 aromatic rings. The minimum atomic E-state index is -1.18. The van der Waals surface area contributed by atoms with E-state index in [1.807, 2.05) is 19.1 Å². The van der Waals surface area contributed by atoms with Crippen LogP contribution in [0.1, 0.15) is 38.2 Å². The van der Waals surface area contributed by atoms with Crippen LogP contribution >= 0.6 is 0 Å². The second-order valence-corrected chi connectivity index (χ2v) is 12.6. The fourth-order valence-corrected chi connectivity index (χ4v) is 8.34. The number of carbonyl (C=O) groups excluding carboxylic acids is 4. The van der Waals surface area contributed by atoms with E-state index in [0.717, 1.165) is 16.7 Å². The number of carboxylic acids is 1. The van der Waals surface area contributed by atoms with Crippen LogP contribution in [-0.4, -0.2) is 51.3 Å². The largest absolute Gasteiger partial charge is 0.508 e. The number of carbonyl (C=O) groups is 5. The first kappa shape index (κ1) is 28.1. The van der Waals surface area contributed by atoms with Gasteiger partial charge >= 0.3 is 5.97 Å². The zero-order chi connectivity index (χ0) is 30.9. The van der Waals surface area contributed by atoms with Crippen LogP contribution in [-0.2, 0) is 30.4 Å². The van der Waals surface area contributed by atoms with E-state index in [1.165, 1.54) is 15.9 Å². The van der Waals surface area contributed by atoms with Crippen LogP contribution in [0, 0.1) is 35.0 Å². The number of hydrogen-bond acceptors (Lipinski definition) is 7. The summed E-state index contributed by atoms with van der Waals surface area (Å²) in [6.07, 6.45) is 4.53. The summed E-state index contributed by atoms with van der Waals surface area (Å²) in [5.41, 5.74) is 1.66. The number of aromatic hydroxyl groups is 1. The Hall–Kier alpha value is -4.73. The van der Waals surface area contributed by atoms with E-state index >= 15 is 0 Å². The summed E-state index contributed by atoms with van der Waals surface area (Å²) in [4.78, 5) is 69.5. The van der Waals surface area contributed by atoms with Gasteiger partial charge in [-0.25, -0.2) is 4.90 Å². The average molecular weight is 597 g/mol. The van der Waals surface area contributed by atoms with E-state index in [9.17, 15) is 29.1 Å². The van der Waals surface area contributed by atoms with E-state index in [2.05, 4.69) is 0 Å². The molecule has 2 saturated heterocycles. The third kappa shape index (κ3) is 4.03. The van der Waals surface area contributed by atoms with E-state index < -0.39 is 41.0 Å². The van der Waals surface area contributed by atoms with Gasteiger partial charge in [0.2, 0.25) is 23.6 Å². The maximum absolute atomic E-state index is 14.5. The molecule has 44 heavy (non-hydrogen) atoms. The second-order valence-electron chi connectivity index (χ2n) is 12.6. The Morgan fingerprint density at radius 1 is 1.02 bits per heavy atom. The summed E-state index contributed by atoms with van der Waals surface area (Å²) in [5, 5.41) is 19.3. The van der Waals surface area contributed by atoms with Crippen molar-refractivity contribution in [1.82, 2.24) is 4.90 Å². The molecule has 3 heterocycles. The number of anilines is 1. The third-order valence-corrected chi connectivity index (χ3v) is 10.3. The normalized spacial score (nSPS) is 30.6. The number of para-hydroxylation sites is 1. The molecule has 0 spiro atoms. The number of hydrogen-bond donors (Lipinski definition) is 2. The highest BCUT2D eigenvalue weighted by Gasteiger charge is 2.68. The Kier molecular flexibility index (Phi) is 6.49. The predicted octanol–water partition coefficient (Wildman–Crippen LogP) is 3.84. The molecule has 0 radical (unpaired) electrons. The number of aliphatic carboxylic acids is 1. The van der Waals surface area contributed by atoms with Crippen molar-refractivity contribution in [3.63, 3.8) is 0 Å². The van der Waals surface area contributed by atoms with Crippen LogP contribution in [0.2, 0.25) is 0 Å². The van der Waals surface area contributed by atoms with Gasteiger partial charge in [0.1, 0.15) is 11.5 Å². The van der Waals surface area contributed by atoms with Gasteiger partial charge in [-0.2, -0.15) is 0 Å². The van der Waals surface area contributed by atoms with Crippen molar-refractivity contribution >= 4 is 35.3 Å². The third-order valence-electron chi connectivity index (χ3n) is 10.3. The van der Waals surface area contributed by atoms with Gasteiger partial charge in [0.25, 0.3) is 0 Å². The van der Waals surface area contributed by atoms with Crippen molar-refractivity contribution in [2.75, 3.05) is 11.4 Å². The molecule has 10 heteroatoms. The van der Waals surface area contributed by atoms with E-state index in [-0.39, 0.29) is 55.2 Å². The zero-order valence-corrected chi connectivity index (χ0v) is 24.1. The van der Waals surface area contributed by atoms with Gasteiger partial charge < -0.3 is 14.9 Å². The first-order valence-corrected chi connectivity index (χ1v) is 15.0. The Balaban J connectivity index is 1.31. The summed E-state index contributed by atoms with van der Waals surface area (Å²) in [6, 6.07) is 13.7. The molecule has 0 unspecified atom stereocenters. The van der Waals surface area contributed by atoms with E-state index in [4.69, 9.17) is 9.84 Å². The number of likely N-dealkylation sites (tertiary alicyclic amines) is 1. The quantitative estimate of drug-likeness (QED) is 0.379. The molecular weight excluding hydrogens is 564 g/mol. The van der Waals surface area contributed by atoms with Crippen molar-refractivity contribution in [3.05, 3.63) is 77.6 Å². The van der Waals surface area contributed by atoms with E-state index in [0.29, 0.717) is 24.3 Å². The lowest BCUT2D eigenvalue weighted by Crippen LogP contribution is -2.51. The summed E-state index contributed by atoms with van der Waals surface area (Å²) < 4.78 is 6.01. The summed E-state index contributed by atoms with van der Waals surface area (Å²) in [6.45, 7) is 1.86. The summed E-state index contributed by atoms with van der Waals surface area (Å²) in [7, 11) is 0. The lowest BCUT2D eigenvalue weighted by Gasteiger charge is -2.49. The monoisotopic (exact) mass is 596 g/mol. The topological polar surface area (TPSA) is 142 Å². The lowest BCUT2D eigenvalue weighted by molar-refractivity contribution is -0.142. The molecule has 2 aliphatic carbocycles. The number of amides is 4. The van der Waals surface area contributed by atoms with Crippen molar-refractivity contribution in [2.24, 2.45) is 35.0 Å². The molecule has 3 aliphatic heterocycles. The number of phenols is 1. The van der Waals surface area contributed by atoms with Crippen LogP contribution in [0.3, 0.4) is 0 Å². The summed E-state index contributed by atoms with van der Waals surface area (Å²) >= 11 is 0. The fraction of sp³-hybridized carbons (Fsp3) is 0.382. The van der Waals surface area contributed by atoms with Crippen LogP contribution in [0.4, 0.5) is 5.69 Å². The highest BCUT2D eigenvalue weighted by Crippen LogP contribution is 2.62. The van der Waals surface area contributed by atoms with Crippen LogP contribution in [0.15, 0.2) is 72.0 Å². The molecular formula is C34H32N2O8. The van der Waals surface area contributed by atoms with Crippen molar-refractivity contribution in [2.45, 2.75) is 39.0 Å². The molecule has 226 valence electrons. The molecule has 0 bridgehead atoms. The minimum absolute atomic E-state index is 0.0298. The Labute approximate surface area is 253 Å². The lowest BCUT2D eigenvalue weighted by atomic mass is 9.51. The molecule has 1 saturated carbocycles. The van der Waals surface area contributed by atoms with Gasteiger partial charge in [-0.1, -0.05) is 29.8 Å². The number of imide groups is 2. The number of nitrogens with zero attached hydrogens (tertiary/aromatic N) is 2. The average Bonchev–Trinajstić information content (AvgIpc) is 3.36. The maximum Gasteiger partial charge on any atom is 0.303 e. The SMILES string of the molecule is C[C@@]12C(=O)N(c3ccccc3)C(=O)[C@@H]1C[C@@H]1C(=CC[C@@H]3C(=O)N(CCCC(=O)O)C(=O)[C@@H]31)[C@@H]2C1=COc2ccc(O)cc2C1. The molecule has 0 aromatic heterocycles. The Bertz CT molecular complexity index is 1680. The Morgan fingerprint density at radius 2 is 1.80 bits per heavy atom. The van der Waals surface area contributed by atoms with Crippen LogP contribution in [0.5, 0.6) is 11.5 Å². The first-order chi connectivity index (χ1) is 21.1. The number of phenolic OH excluding ortho intramolecular Hbond substituents is 1. The molecule has 2 N–H and O–H groups in total. The Morgan fingerprint density at radius 3 is 2.55 bits per heavy atom. The van der Waals surface area contributed by atoms with Crippen molar-refractivity contribution in [1.29, 1.82) is 0 Å². The number of allylic oxidation sites excluding steroid dienone is 3. The maximum atomic E-state index is 14.5. The smallest absolute Gasteiger partial charge is 0.303 e. The standard InChI is InChI=1S/C34H32N2O8/c1-34-25(31(41)36(33(34)43)20-6-3-2-4-7-20)16-24-22(29(34)19-14-18-15-21(37)9-12-26(18)44-17-19)10-11-23-28(24)32(42)35(30(23)40)13-5-8-27(38)39/h2-4,6-7,9-10,12,15,17,23-25,28-29,37H,5,8,11,13-14,16H2,1H3,(H,38,39)/t23-,24+,25-,28-,29-,34+/m0/s1. The molecule has 2 aromatic carbocycles. The number of carboxylic acid groups (broad SMARTS) is 1. The van der Waals surface area contributed by atoms with Crippen molar-refractivity contribution in [3.8, 4) is 11.5 Å².